The minimum Gasteiger partial charge on any atom is -0.451 e. The molecular weight excluding hydrogens is 359 g/mol. The molecule has 0 unspecified atom stereocenters. The fourth-order valence-corrected chi connectivity index (χ4v) is 3.58. The van der Waals surface area contributed by atoms with Crippen molar-refractivity contribution in [2.75, 3.05) is 0 Å². The van der Waals surface area contributed by atoms with Crippen LogP contribution in [0.3, 0.4) is 0 Å². The topological polar surface area (TPSA) is 83.0 Å². The first-order valence-electron chi connectivity index (χ1n) is 7.72. The van der Waals surface area contributed by atoms with Gasteiger partial charge in [-0.2, -0.15) is 5.10 Å². The van der Waals surface area contributed by atoms with E-state index in [1.54, 1.807) is 29.8 Å². The number of hydrogen-bond donors (Lipinski definition) is 0. The summed E-state index contributed by atoms with van der Waals surface area (Å²) in [7, 11) is 0. The lowest BCUT2D eigenvalue weighted by molar-refractivity contribution is 0.0442. The second-order valence-corrected chi connectivity index (χ2v) is 6.62. The molecule has 0 spiro atoms. The van der Waals surface area contributed by atoms with Gasteiger partial charge in [-0.15, -0.1) is 21.5 Å². The molecule has 0 amide bonds. The molecule has 0 fully saturated rings. The van der Waals surface area contributed by atoms with Crippen molar-refractivity contribution in [2.45, 2.75) is 20.5 Å². The van der Waals surface area contributed by atoms with Gasteiger partial charge in [0, 0.05) is 12.3 Å². The Morgan fingerprint density at radius 2 is 2.04 bits per heavy atom. The third-order valence-corrected chi connectivity index (χ3v) is 4.80. The number of esters is 1. The summed E-state index contributed by atoms with van der Waals surface area (Å²) in [5.74, 6) is -0.147. The molecular formula is C17H13FN4O3S. The first-order valence-corrected chi connectivity index (χ1v) is 8.54. The smallest absolute Gasteiger partial charge is 0.348 e. The van der Waals surface area contributed by atoms with Crippen molar-refractivity contribution >= 4 is 27.5 Å². The number of aryl methyl sites for hydroxylation is 2. The Morgan fingerprint density at radius 1 is 1.27 bits per heavy atom. The second kappa shape index (κ2) is 6.34. The summed E-state index contributed by atoms with van der Waals surface area (Å²) in [6.45, 7) is 3.43. The quantitative estimate of drug-likeness (QED) is 0.509. The predicted octanol–water partition coefficient (Wildman–Crippen LogP) is 3.58. The van der Waals surface area contributed by atoms with Crippen LogP contribution in [0.5, 0.6) is 0 Å². The van der Waals surface area contributed by atoms with Crippen LogP contribution in [0.25, 0.3) is 15.9 Å². The number of halogens is 1. The fourth-order valence-electron chi connectivity index (χ4n) is 2.50. The highest BCUT2D eigenvalue weighted by atomic mass is 32.1. The Balaban J connectivity index is 1.61. The van der Waals surface area contributed by atoms with E-state index in [0.717, 1.165) is 15.9 Å². The zero-order valence-corrected chi connectivity index (χ0v) is 14.7. The number of carbonyl (C=O) groups is 1. The molecule has 0 radical (unpaired) electrons. The summed E-state index contributed by atoms with van der Waals surface area (Å²) < 4.78 is 25.2. The van der Waals surface area contributed by atoms with Gasteiger partial charge in [-0.25, -0.2) is 13.9 Å². The fraction of sp³-hybridized carbons (Fsp3) is 0.176. The van der Waals surface area contributed by atoms with Gasteiger partial charge < -0.3 is 9.15 Å². The molecule has 3 aromatic heterocycles. The maximum absolute atomic E-state index is 13.2. The van der Waals surface area contributed by atoms with Crippen molar-refractivity contribution in [1.82, 2.24) is 20.0 Å². The van der Waals surface area contributed by atoms with Crippen LogP contribution in [0, 0.1) is 19.7 Å². The lowest BCUT2D eigenvalue weighted by Crippen LogP contribution is -2.03. The zero-order chi connectivity index (χ0) is 18.3. The monoisotopic (exact) mass is 372 g/mol. The molecule has 7 nitrogen and oxygen atoms in total. The van der Waals surface area contributed by atoms with Crippen LogP contribution in [0.4, 0.5) is 4.39 Å². The largest absolute Gasteiger partial charge is 0.451 e. The minimum absolute atomic E-state index is 0.0863. The van der Waals surface area contributed by atoms with Crippen LogP contribution in [-0.4, -0.2) is 25.9 Å². The van der Waals surface area contributed by atoms with E-state index in [1.807, 2.05) is 6.92 Å². The van der Waals surface area contributed by atoms with Gasteiger partial charge in [0.25, 0.3) is 5.89 Å². The minimum atomic E-state index is -0.480. The third-order valence-electron chi connectivity index (χ3n) is 3.71. The standard InChI is InChI=1S/C17H13FN4O3S/c1-9-13-7-14(17(23)24-8-15-20-19-10(2)25-15)26-16(13)22(21-9)12-5-3-11(18)4-6-12/h3-7H,8H2,1-2H3. The molecule has 0 aliphatic heterocycles. The van der Waals surface area contributed by atoms with Gasteiger partial charge in [0.15, 0.2) is 6.61 Å². The lowest BCUT2D eigenvalue weighted by atomic mass is 10.3. The molecule has 1 aromatic carbocycles. The summed E-state index contributed by atoms with van der Waals surface area (Å²) in [5, 5.41) is 12.8. The Labute approximate surface area is 151 Å². The van der Waals surface area contributed by atoms with E-state index in [-0.39, 0.29) is 18.3 Å². The Morgan fingerprint density at radius 3 is 2.73 bits per heavy atom. The number of rotatable bonds is 4. The van der Waals surface area contributed by atoms with Crippen LogP contribution < -0.4 is 0 Å². The van der Waals surface area contributed by atoms with Crippen LogP contribution in [0.15, 0.2) is 34.7 Å². The number of fused-ring (bicyclic) bond motifs is 1. The molecule has 0 aliphatic carbocycles. The van der Waals surface area contributed by atoms with E-state index in [4.69, 9.17) is 9.15 Å². The summed E-state index contributed by atoms with van der Waals surface area (Å²) in [6.07, 6.45) is 0. The van der Waals surface area contributed by atoms with Gasteiger partial charge in [-0.1, -0.05) is 0 Å². The van der Waals surface area contributed by atoms with E-state index >= 15 is 0 Å². The van der Waals surface area contributed by atoms with Gasteiger partial charge in [0.2, 0.25) is 5.89 Å². The van der Waals surface area contributed by atoms with Gasteiger partial charge >= 0.3 is 5.97 Å². The molecule has 3 heterocycles. The molecule has 4 rings (SSSR count). The van der Waals surface area contributed by atoms with E-state index in [0.29, 0.717) is 16.5 Å². The molecule has 0 N–H and O–H groups in total. The molecule has 4 aromatic rings. The van der Waals surface area contributed by atoms with E-state index in [9.17, 15) is 9.18 Å². The van der Waals surface area contributed by atoms with Crippen LogP contribution in [-0.2, 0) is 11.3 Å². The number of aromatic nitrogens is 4. The molecule has 0 atom stereocenters. The molecule has 26 heavy (non-hydrogen) atoms. The summed E-state index contributed by atoms with van der Waals surface area (Å²) in [4.78, 5) is 13.5. The van der Waals surface area contributed by atoms with Crippen LogP contribution in [0.2, 0.25) is 0 Å². The molecule has 0 saturated carbocycles. The normalized spacial score (nSPS) is 11.2. The molecule has 9 heteroatoms. The number of nitrogens with zero attached hydrogens (tertiary/aromatic N) is 4. The van der Waals surface area contributed by atoms with Crippen molar-refractivity contribution in [3.05, 3.63) is 58.5 Å². The van der Waals surface area contributed by atoms with Crippen molar-refractivity contribution < 1.29 is 18.3 Å². The van der Waals surface area contributed by atoms with Crippen molar-refractivity contribution in [1.29, 1.82) is 0 Å². The zero-order valence-electron chi connectivity index (χ0n) is 13.9. The maximum Gasteiger partial charge on any atom is 0.348 e. The third kappa shape index (κ3) is 2.97. The maximum atomic E-state index is 13.2. The second-order valence-electron chi connectivity index (χ2n) is 5.59. The number of hydrogen-bond acceptors (Lipinski definition) is 7. The van der Waals surface area contributed by atoms with E-state index in [1.165, 1.54) is 23.5 Å². The van der Waals surface area contributed by atoms with E-state index < -0.39 is 5.97 Å². The summed E-state index contributed by atoms with van der Waals surface area (Å²) >= 11 is 1.26. The van der Waals surface area contributed by atoms with Gasteiger partial charge in [0.1, 0.15) is 15.5 Å². The van der Waals surface area contributed by atoms with Gasteiger partial charge in [-0.05, 0) is 37.3 Å². The number of benzene rings is 1. The van der Waals surface area contributed by atoms with Crippen molar-refractivity contribution in [3.8, 4) is 5.69 Å². The Kier molecular flexibility index (Phi) is 4.00. The van der Waals surface area contributed by atoms with Crippen LogP contribution >= 0.6 is 11.3 Å². The summed E-state index contributed by atoms with van der Waals surface area (Å²) in [6, 6.07) is 7.75. The average molecular weight is 372 g/mol. The Hall–Kier alpha value is -3.07. The molecule has 0 saturated heterocycles. The highest BCUT2D eigenvalue weighted by Gasteiger charge is 2.19. The van der Waals surface area contributed by atoms with Crippen LogP contribution in [0.1, 0.15) is 27.1 Å². The van der Waals surface area contributed by atoms with Crippen molar-refractivity contribution in [3.63, 3.8) is 0 Å². The van der Waals surface area contributed by atoms with Gasteiger partial charge in [0.05, 0.1) is 11.4 Å². The molecule has 132 valence electrons. The van der Waals surface area contributed by atoms with E-state index in [2.05, 4.69) is 15.3 Å². The SMILES string of the molecule is Cc1nnc(COC(=O)c2cc3c(C)nn(-c4ccc(F)cc4)c3s2)o1. The number of thiophene rings is 1. The first-order chi connectivity index (χ1) is 12.5. The Bertz CT molecular complexity index is 1100. The molecule has 0 aliphatic rings. The molecule has 0 bridgehead atoms. The van der Waals surface area contributed by atoms with Gasteiger partial charge in [-0.3, -0.25) is 0 Å². The number of ether oxygens (including phenoxy) is 1. The highest BCUT2D eigenvalue weighted by molar-refractivity contribution is 7.20. The van der Waals surface area contributed by atoms with Crippen molar-refractivity contribution in [2.24, 2.45) is 0 Å². The summed E-state index contributed by atoms with van der Waals surface area (Å²) in [5.41, 5.74) is 1.49. The predicted molar refractivity (Wildman–Crippen MR) is 91.8 cm³/mol. The highest BCUT2D eigenvalue weighted by Crippen LogP contribution is 2.31. The number of carbonyl (C=O) groups excluding carboxylic acids is 1. The lowest BCUT2D eigenvalue weighted by Gasteiger charge is -2.02. The average Bonchev–Trinajstić information content (AvgIpc) is 3.31. The first kappa shape index (κ1) is 16.4.